The number of ether oxygens (including phenoxy) is 1. The third kappa shape index (κ3) is 4.70. The van der Waals surface area contributed by atoms with Gasteiger partial charge < -0.3 is 15.4 Å². The van der Waals surface area contributed by atoms with Crippen molar-refractivity contribution in [3.8, 4) is 0 Å². The van der Waals surface area contributed by atoms with Gasteiger partial charge in [0.2, 0.25) is 11.8 Å². The molecule has 1 aliphatic carbocycles. The van der Waals surface area contributed by atoms with Crippen LogP contribution >= 0.6 is 0 Å². The number of para-hydroxylation sites is 1. The van der Waals surface area contributed by atoms with Crippen molar-refractivity contribution in [3.05, 3.63) is 29.8 Å². The van der Waals surface area contributed by atoms with Gasteiger partial charge in [-0.1, -0.05) is 12.1 Å². The summed E-state index contributed by atoms with van der Waals surface area (Å²) in [5.41, 5.74) is -1.19. The zero-order valence-electron chi connectivity index (χ0n) is 13.2. The molecule has 0 radical (unpaired) electrons. The number of methoxy groups -OCH3 is 1. The molecule has 2 amide bonds. The highest BCUT2D eigenvalue weighted by atomic mass is 19.4. The van der Waals surface area contributed by atoms with E-state index in [0.29, 0.717) is 26.0 Å². The molecular formula is C16H19F3N2O3. The van der Waals surface area contributed by atoms with E-state index in [9.17, 15) is 22.8 Å². The molecule has 1 aromatic carbocycles. The Kier molecular flexibility index (Phi) is 5.82. The van der Waals surface area contributed by atoms with Gasteiger partial charge in [0.15, 0.2) is 0 Å². The quantitative estimate of drug-likeness (QED) is 0.747. The van der Waals surface area contributed by atoms with Gasteiger partial charge in [-0.3, -0.25) is 9.59 Å². The smallest absolute Gasteiger partial charge is 0.385 e. The fourth-order valence-corrected chi connectivity index (χ4v) is 2.40. The summed E-state index contributed by atoms with van der Waals surface area (Å²) < 4.78 is 43.5. The molecule has 1 aliphatic rings. The molecule has 2 unspecified atom stereocenters. The van der Waals surface area contributed by atoms with Crippen LogP contribution in [-0.2, 0) is 20.5 Å². The summed E-state index contributed by atoms with van der Waals surface area (Å²) in [6, 6.07) is 4.77. The van der Waals surface area contributed by atoms with E-state index >= 15 is 0 Å². The standard InChI is InChI=1S/C16H19F3N2O3/c1-24-8-4-7-20-14(22)10-9-11(10)15(23)21-13-6-3-2-5-12(13)16(17,18)19/h2-3,5-6,10-11H,4,7-9H2,1H3,(H,20,22)(H,21,23). The molecule has 5 nitrogen and oxygen atoms in total. The monoisotopic (exact) mass is 344 g/mol. The number of amides is 2. The van der Waals surface area contributed by atoms with Crippen molar-refractivity contribution in [3.63, 3.8) is 0 Å². The van der Waals surface area contributed by atoms with Crippen molar-refractivity contribution in [2.75, 3.05) is 25.6 Å². The van der Waals surface area contributed by atoms with Gasteiger partial charge in [-0.25, -0.2) is 0 Å². The summed E-state index contributed by atoms with van der Waals surface area (Å²) in [6.07, 6.45) is -3.55. The molecule has 132 valence electrons. The maximum Gasteiger partial charge on any atom is 0.418 e. The van der Waals surface area contributed by atoms with Gasteiger partial charge in [0.05, 0.1) is 23.1 Å². The second-order valence-corrected chi connectivity index (χ2v) is 5.62. The fourth-order valence-electron chi connectivity index (χ4n) is 2.40. The van der Waals surface area contributed by atoms with E-state index in [1.165, 1.54) is 18.2 Å². The molecular weight excluding hydrogens is 325 g/mol. The third-order valence-corrected chi connectivity index (χ3v) is 3.78. The van der Waals surface area contributed by atoms with Gasteiger partial charge in [0.1, 0.15) is 0 Å². The Bertz CT molecular complexity index is 604. The van der Waals surface area contributed by atoms with Crippen LogP contribution < -0.4 is 10.6 Å². The molecule has 0 spiro atoms. The van der Waals surface area contributed by atoms with E-state index in [2.05, 4.69) is 10.6 Å². The molecule has 2 atom stereocenters. The second-order valence-electron chi connectivity index (χ2n) is 5.62. The molecule has 0 saturated heterocycles. The minimum absolute atomic E-state index is 0.254. The minimum atomic E-state index is -4.55. The van der Waals surface area contributed by atoms with Gasteiger partial charge in [0.25, 0.3) is 0 Å². The molecule has 2 N–H and O–H groups in total. The molecule has 0 aliphatic heterocycles. The number of halogens is 3. The number of carbonyl (C=O) groups excluding carboxylic acids is 2. The number of alkyl halides is 3. The van der Waals surface area contributed by atoms with Crippen molar-refractivity contribution < 1.29 is 27.5 Å². The van der Waals surface area contributed by atoms with Gasteiger partial charge in [-0.15, -0.1) is 0 Å². The van der Waals surface area contributed by atoms with Crippen LogP contribution in [0.4, 0.5) is 18.9 Å². The molecule has 24 heavy (non-hydrogen) atoms. The number of benzene rings is 1. The molecule has 0 aromatic heterocycles. The van der Waals surface area contributed by atoms with E-state index in [1.807, 2.05) is 0 Å². The zero-order chi connectivity index (χ0) is 17.7. The summed E-state index contributed by atoms with van der Waals surface area (Å²) >= 11 is 0. The maximum atomic E-state index is 12.9. The first-order valence-electron chi connectivity index (χ1n) is 7.58. The zero-order valence-corrected chi connectivity index (χ0v) is 13.2. The highest BCUT2D eigenvalue weighted by Gasteiger charge is 2.48. The predicted octanol–water partition coefficient (Wildman–Crippen LogP) is 2.43. The molecule has 1 saturated carbocycles. The van der Waals surface area contributed by atoms with Gasteiger partial charge in [-0.05, 0) is 25.0 Å². The number of hydrogen-bond acceptors (Lipinski definition) is 3. The summed E-state index contributed by atoms with van der Waals surface area (Å²) in [5.74, 6) is -1.89. The lowest BCUT2D eigenvalue weighted by Gasteiger charge is -2.13. The number of nitrogens with one attached hydrogen (secondary N) is 2. The maximum absolute atomic E-state index is 12.9. The Labute approximate surface area is 137 Å². The van der Waals surface area contributed by atoms with Crippen LogP contribution in [0.2, 0.25) is 0 Å². The van der Waals surface area contributed by atoms with E-state index in [0.717, 1.165) is 6.07 Å². The molecule has 1 fully saturated rings. The van der Waals surface area contributed by atoms with Crippen molar-refractivity contribution in [1.82, 2.24) is 5.32 Å². The molecule has 8 heteroatoms. The van der Waals surface area contributed by atoms with Gasteiger partial charge in [-0.2, -0.15) is 13.2 Å². The predicted molar refractivity (Wildman–Crippen MR) is 81.2 cm³/mol. The first-order valence-corrected chi connectivity index (χ1v) is 7.58. The summed E-state index contributed by atoms with van der Waals surface area (Å²) in [6.45, 7) is 0.956. The lowest BCUT2D eigenvalue weighted by atomic mass is 10.1. The van der Waals surface area contributed by atoms with Crippen molar-refractivity contribution in [1.29, 1.82) is 0 Å². The largest absolute Gasteiger partial charge is 0.418 e. The van der Waals surface area contributed by atoms with E-state index < -0.39 is 29.5 Å². The average molecular weight is 344 g/mol. The Morgan fingerprint density at radius 1 is 1.21 bits per heavy atom. The Hall–Kier alpha value is -2.09. The van der Waals surface area contributed by atoms with Crippen LogP contribution in [0.1, 0.15) is 18.4 Å². The van der Waals surface area contributed by atoms with Crippen LogP contribution in [0.15, 0.2) is 24.3 Å². The first kappa shape index (κ1) is 18.3. The number of anilines is 1. The summed E-state index contributed by atoms with van der Waals surface area (Å²) in [5, 5.41) is 4.97. The average Bonchev–Trinajstić information content (AvgIpc) is 3.31. The first-order chi connectivity index (χ1) is 11.3. The lowest BCUT2D eigenvalue weighted by Crippen LogP contribution is -2.29. The number of carbonyl (C=O) groups is 2. The van der Waals surface area contributed by atoms with Crippen molar-refractivity contribution >= 4 is 17.5 Å². The van der Waals surface area contributed by atoms with Crippen molar-refractivity contribution in [2.24, 2.45) is 11.8 Å². The summed E-state index contributed by atoms with van der Waals surface area (Å²) in [4.78, 5) is 23.9. The highest BCUT2D eigenvalue weighted by Crippen LogP contribution is 2.41. The SMILES string of the molecule is COCCCNC(=O)C1CC1C(=O)Nc1ccccc1C(F)(F)F. The topological polar surface area (TPSA) is 67.4 Å². The van der Waals surface area contributed by atoms with Crippen molar-refractivity contribution in [2.45, 2.75) is 19.0 Å². The van der Waals surface area contributed by atoms with E-state index in [-0.39, 0.29) is 11.6 Å². The molecule has 0 bridgehead atoms. The Balaban J connectivity index is 1.88. The second kappa shape index (κ2) is 7.65. The van der Waals surface area contributed by atoms with Crippen LogP contribution in [0.5, 0.6) is 0 Å². The third-order valence-electron chi connectivity index (χ3n) is 3.78. The Morgan fingerprint density at radius 2 is 1.88 bits per heavy atom. The normalized spacial score (nSPS) is 19.7. The lowest BCUT2D eigenvalue weighted by molar-refractivity contribution is -0.137. The highest BCUT2D eigenvalue weighted by molar-refractivity contribution is 5.99. The van der Waals surface area contributed by atoms with E-state index in [4.69, 9.17) is 4.74 Å². The van der Waals surface area contributed by atoms with Gasteiger partial charge in [0, 0.05) is 20.3 Å². The van der Waals surface area contributed by atoms with Crippen LogP contribution in [0.3, 0.4) is 0 Å². The molecule has 1 aromatic rings. The number of rotatable bonds is 7. The fraction of sp³-hybridized carbons (Fsp3) is 0.500. The van der Waals surface area contributed by atoms with E-state index in [1.54, 1.807) is 7.11 Å². The molecule has 2 rings (SSSR count). The molecule has 0 heterocycles. The van der Waals surface area contributed by atoms with Crippen LogP contribution in [0.25, 0.3) is 0 Å². The Morgan fingerprint density at radius 3 is 2.54 bits per heavy atom. The van der Waals surface area contributed by atoms with Crippen LogP contribution in [-0.4, -0.2) is 32.1 Å². The number of hydrogen-bond donors (Lipinski definition) is 2. The van der Waals surface area contributed by atoms with Gasteiger partial charge >= 0.3 is 6.18 Å². The summed E-state index contributed by atoms with van der Waals surface area (Å²) in [7, 11) is 1.56. The minimum Gasteiger partial charge on any atom is -0.385 e. The van der Waals surface area contributed by atoms with Crippen LogP contribution in [0, 0.1) is 11.8 Å².